The minimum Gasteiger partial charge on any atom is -0.466 e. The monoisotopic (exact) mass is 394 g/mol. The number of ether oxygens (including phenoxy) is 1. The average Bonchev–Trinajstić information content (AvgIpc) is 3.27. The van der Waals surface area contributed by atoms with E-state index in [-0.39, 0.29) is 11.8 Å². The zero-order valence-corrected chi connectivity index (χ0v) is 15.1. The summed E-state index contributed by atoms with van der Waals surface area (Å²) in [5.74, 6) is 1.87. The van der Waals surface area contributed by atoms with Crippen LogP contribution >= 0.6 is 35.4 Å². The Balaban J connectivity index is 1.54. The summed E-state index contributed by atoms with van der Waals surface area (Å²) in [5.41, 5.74) is 3.42. The van der Waals surface area contributed by atoms with Gasteiger partial charge in [0.25, 0.3) is 5.17 Å². The van der Waals surface area contributed by atoms with E-state index in [9.17, 15) is 0 Å². The molecule has 0 unspecified atom stereocenters. The van der Waals surface area contributed by atoms with Gasteiger partial charge in [-0.05, 0) is 54.7 Å². The first-order valence-electron chi connectivity index (χ1n) is 7.15. The lowest BCUT2D eigenvalue weighted by Gasteiger charge is -2.03. The fourth-order valence-electron chi connectivity index (χ4n) is 1.94. The first-order chi connectivity index (χ1) is 12.1. The Labute approximate surface area is 159 Å². The highest BCUT2D eigenvalue weighted by molar-refractivity contribution is 7.80. The number of nitrogens with zero attached hydrogens (tertiary/aromatic N) is 1. The number of rotatable bonds is 5. The number of nitrogens with one attached hydrogen (secondary N) is 1. The highest BCUT2D eigenvalue weighted by Crippen LogP contribution is 2.29. The lowest BCUT2D eigenvalue weighted by molar-refractivity contribution is 0.254. The van der Waals surface area contributed by atoms with Crippen LogP contribution in [0.25, 0.3) is 11.3 Å². The second kappa shape index (κ2) is 8.20. The molecule has 0 fully saturated rings. The fourth-order valence-corrected chi connectivity index (χ4v) is 2.35. The molecule has 3 rings (SSSR count). The van der Waals surface area contributed by atoms with E-state index in [4.69, 9.17) is 49.0 Å². The smallest absolute Gasteiger partial charge is 0.277 e. The summed E-state index contributed by atoms with van der Waals surface area (Å²) >= 11 is 16.9. The largest absolute Gasteiger partial charge is 0.466 e. The van der Waals surface area contributed by atoms with Crippen molar-refractivity contribution in [2.45, 2.75) is 6.61 Å². The van der Waals surface area contributed by atoms with E-state index in [1.54, 1.807) is 36.6 Å². The van der Waals surface area contributed by atoms with Gasteiger partial charge in [0.2, 0.25) is 0 Å². The van der Waals surface area contributed by atoms with Crippen LogP contribution in [0.1, 0.15) is 11.5 Å². The molecule has 8 heteroatoms. The van der Waals surface area contributed by atoms with Gasteiger partial charge >= 0.3 is 0 Å². The van der Waals surface area contributed by atoms with E-state index in [0.29, 0.717) is 27.3 Å². The molecule has 0 aliphatic carbocycles. The maximum Gasteiger partial charge on any atom is 0.277 e. The first kappa shape index (κ1) is 17.5. The highest BCUT2D eigenvalue weighted by atomic mass is 35.5. The molecule has 128 valence electrons. The number of thiocarbonyl (C=S) groups is 1. The number of hydrogen-bond acceptors (Lipinski definition) is 5. The molecule has 5 nitrogen and oxygen atoms in total. The van der Waals surface area contributed by atoms with E-state index < -0.39 is 0 Å². The molecule has 3 aromatic rings. The van der Waals surface area contributed by atoms with Crippen molar-refractivity contribution in [3.05, 3.63) is 70.3 Å². The van der Waals surface area contributed by atoms with Crippen molar-refractivity contribution in [3.63, 3.8) is 0 Å². The molecule has 0 aliphatic rings. The summed E-state index contributed by atoms with van der Waals surface area (Å²) in [4.78, 5) is 0. The summed E-state index contributed by atoms with van der Waals surface area (Å²) in [7, 11) is 0. The third kappa shape index (κ3) is 4.85. The third-order valence-corrected chi connectivity index (χ3v) is 4.05. The number of benzene rings is 1. The van der Waals surface area contributed by atoms with E-state index in [2.05, 4.69) is 10.5 Å². The molecule has 0 aliphatic heterocycles. The van der Waals surface area contributed by atoms with Gasteiger partial charge in [-0.25, -0.2) is 5.43 Å². The standard InChI is InChI=1S/C17H12Cl2N2O3S/c18-14-5-3-11(8-15(14)19)16-6-4-12(24-16)9-20-21-17(25)23-10-13-2-1-7-22-13/h1-9H,10H2,(H,21,25)/b20-9+. The Morgan fingerprint density at radius 1 is 1.20 bits per heavy atom. The Hall–Kier alpha value is -2.28. The average molecular weight is 395 g/mol. The van der Waals surface area contributed by atoms with Gasteiger partial charge in [-0.2, -0.15) is 5.10 Å². The van der Waals surface area contributed by atoms with Gasteiger partial charge in [0, 0.05) is 5.56 Å². The van der Waals surface area contributed by atoms with Crippen LogP contribution in [0, 0.1) is 0 Å². The predicted octanol–water partition coefficient (Wildman–Crippen LogP) is 5.27. The van der Waals surface area contributed by atoms with Crippen LogP contribution in [-0.2, 0) is 11.3 Å². The molecule has 0 saturated carbocycles. The SMILES string of the molecule is S=C(N/N=C/c1ccc(-c2ccc(Cl)c(Cl)c2)o1)OCc1ccco1. The summed E-state index contributed by atoms with van der Waals surface area (Å²) in [6.45, 7) is 0.233. The second-order valence-corrected chi connectivity index (χ2v) is 6.04. The van der Waals surface area contributed by atoms with Crippen LogP contribution in [0.15, 0.2) is 62.7 Å². The molecule has 0 amide bonds. The molecule has 0 atom stereocenters. The van der Waals surface area contributed by atoms with Crippen molar-refractivity contribution in [1.29, 1.82) is 0 Å². The van der Waals surface area contributed by atoms with Crippen LogP contribution in [-0.4, -0.2) is 11.4 Å². The van der Waals surface area contributed by atoms with Crippen molar-refractivity contribution in [3.8, 4) is 11.3 Å². The number of hydrogen-bond donors (Lipinski definition) is 1. The lowest BCUT2D eigenvalue weighted by Crippen LogP contribution is -2.18. The van der Waals surface area contributed by atoms with Crippen molar-refractivity contribution >= 4 is 46.8 Å². The quantitative estimate of drug-likeness (QED) is 0.362. The highest BCUT2D eigenvalue weighted by Gasteiger charge is 2.06. The molecule has 0 saturated heterocycles. The molecule has 0 spiro atoms. The molecular formula is C17H12Cl2N2O3S. The van der Waals surface area contributed by atoms with Gasteiger partial charge in [-0.15, -0.1) is 0 Å². The van der Waals surface area contributed by atoms with Gasteiger partial charge in [0.15, 0.2) is 0 Å². The fraction of sp³-hybridized carbons (Fsp3) is 0.0588. The third-order valence-electron chi connectivity index (χ3n) is 3.10. The van der Waals surface area contributed by atoms with Gasteiger partial charge in [-0.1, -0.05) is 23.2 Å². The van der Waals surface area contributed by atoms with E-state index >= 15 is 0 Å². The zero-order valence-electron chi connectivity index (χ0n) is 12.7. The van der Waals surface area contributed by atoms with Crippen LogP contribution in [0.5, 0.6) is 0 Å². The minimum absolute atomic E-state index is 0.129. The molecule has 1 aromatic carbocycles. The van der Waals surface area contributed by atoms with Crippen LogP contribution < -0.4 is 5.43 Å². The Morgan fingerprint density at radius 3 is 2.84 bits per heavy atom. The van der Waals surface area contributed by atoms with Crippen molar-refractivity contribution in [2.24, 2.45) is 5.10 Å². The Morgan fingerprint density at radius 2 is 2.08 bits per heavy atom. The van der Waals surface area contributed by atoms with E-state index in [1.165, 1.54) is 6.21 Å². The van der Waals surface area contributed by atoms with E-state index in [0.717, 1.165) is 5.56 Å². The van der Waals surface area contributed by atoms with Gasteiger partial charge < -0.3 is 13.6 Å². The molecule has 2 aromatic heterocycles. The Kier molecular flexibility index (Phi) is 5.75. The summed E-state index contributed by atoms with van der Waals surface area (Å²) < 4.78 is 16.1. The lowest BCUT2D eigenvalue weighted by atomic mass is 10.2. The van der Waals surface area contributed by atoms with Crippen molar-refractivity contribution in [1.82, 2.24) is 5.43 Å². The first-order valence-corrected chi connectivity index (χ1v) is 8.32. The van der Waals surface area contributed by atoms with Crippen molar-refractivity contribution < 1.29 is 13.6 Å². The molecule has 1 N–H and O–H groups in total. The van der Waals surface area contributed by atoms with Crippen LogP contribution in [0.4, 0.5) is 0 Å². The number of hydrazone groups is 1. The maximum absolute atomic E-state index is 6.01. The topological polar surface area (TPSA) is 59.9 Å². The molecule has 2 heterocycles. The minimum atomic E-state index is 0.129. The summed E-state index contributed by atoms with van der Waals surface area (Å²) in [6.07, 6.45) is 3.05. The predicted molar refractivity (Wildman–Crippen MR) is 101 cm³/mol. The maximum atomic E-state index is 6.01. The van der Waals surface area contributed by atoms with E-state index in [1.807, 2.05) is 12.1 Å². The van der Waals surface area contributed by atoms with Gasteiger partial charge in [0.05, 0.1) is 22.5 Å². The van der Waals surface area contributed by atoms with Gasteiger partial charge in [0.1, 0.15) is 23.9 Å². The number of halogens is 2. The van der Waals surface area contributed by atoms with Gasteiger partial charge in [-0.3, -0.25) is 0 Å². The van der Waals surface area contributed by atoms with Crippen LogP contribution in [0.2, 0.25) is 10.0 Å². The molecule has 25 heavy (non-hydrogen) atoms. The summed E-state index contributed by atoms with van der Waals surface area (Å²) in [5, 5.41) is 5.05. The summed E-state index contributed by atoms with van der Waals surface area (Å²) in [6, 6.07) is 12.4. The van der Waals surface area contributed by atoms with Crippen LogP contribution in [0.3, 0.4) is 0 Å². The Bertz CT molecular complexity index is 891. The normalized spacial score (nSPS) is 11.0. The zero-order chi connectivity index (χ0) is 17.6. The molecule has 0 bridgehead atoms. The molecular weight excluding hydrogens is 383 g/mol. The molecule has 0 radical (unpaired) electrons. The second-order valence-electron chi connectivity index (χ2n) is 4.86. The van der Waals surface area contributed by atoms with Crippen molar-refractivity contribution in [2.75, 3.05) is 0 Å². The number of furan rings is 2.